The standard InChI is InChI=1S/C16H30/c1-6-14(11-13(4)15-9-10-15)12-16(5,7-2)8-3/h6,13,15H,7-12H2,1-5H3. The maximum absolute atomic E-state index is 2.44. The van der Waals surface area contributed by atoms with Crippen LogP contribution < -0.4 is 0 Å². The fraction of sp³-hybridized carbons (Fsp3) is 0.875. The molecule has 1 unspecified atom stereocenters. The van der Waals surface area contributed by atoms with Crippen molar-refractivity contribution in [1.82, 2.24) is 0 Å². The Balaban J connectivity index is 2.47. The lowest BCUT2D eigenvalue weighted by Crippen LogP contribution is -2.15. The Bertz CT molecular complexity index is 228. The van der Waals surface area contributed by atoms with E-state index < -0.39 is 0 Å². The highest BCUT2D eigenvalue weighted by molar-refractivity contribution is 5.06. The molecular weight excluding hydrogens is 192 g/mol. The van der Waals surface area contributed by atoms with Crippen LogP contribution in [0.5, 0.6) is 0 Å². The van der Waals surface area contributed by atoms with Gasteiger partial charge in [0.25, 0.3) is 0 Å². The van der Waals surface area contributed by atoms with Gasteiger partial charge in [0.05, 0.1) is 0 Å². The number of rotatable bonds is 7. The molecule has 16 heavy (non-hydrogen) atoms. The Morgan fingerprint density at radius 2 is 1.88 bits per heavy atom. The quantitative estimate of drug-likeness (QED) is 0.493. The lowest BCUT2D eigenvalue weighted by Gasteiger charge is -2.29. The monoisotopic (exact) mass is 222 g/mol. The van der Waals surface area contributed by atoms with Crippen molar-refractivity contribution in [3.63, 3.8) is 0 Å². The summed E-state index contributed by atoms with van der Waals surface area (Å²) in [5.41, 5.74) is 2.23. The van der Waals surface area contributed by atoms with Gasteiger partial charge in [-0.3, -0.25) is 0 Å². The average Bonchev–Trinajstić information content (AvgIpc) is 3.11. The first-order valence-corrected chi connectivity index (χ1v) is 7.18. The molecule has 0 N–H and O–H groups in total. The van der Waals surface area contributed by atoms with E-state index in [9.17, 15) is 0 Å². The molecular formula is C16H30. The molecule has 0 heterocycles. The SMILES string of the molecule is CC=C(CC(C)C1CC1)CC(C)(CC)CC. The van der Waals surface area contributed by atoms with Crippen LogP contribution >= 0.6 is 0 Å². The molecule has 0 heteroatoms. The van der Waals surface area contributed by atoms with E-state index in [-0.39, 0.29) is 0 Å². The van der Waals surface area contributed by atoms with Gasteiger partial charge in [0, 0.05) is 0 Å². The normalized spacial score (nSPS) is 19.9. The molecule has 0 spiro atoms. The van der Waals surface area contributed by atoms with Gasteiger partial charge in [-0.15, -0.1) is 0 Å². The molecule has 0 aromatic rings. The summed E-state index contributed by atoms with van der Waals surface area (Å²) in [6.45, 7) is 11.8. The van der Waals surface area contributed by atoms with Crippen LogP contribution in [-0.2, 0) is 0 Å². The first kappa shape index (κ1) is 13.8. The third kappa shape index (κ3) is 3.96. The summed E-state index contributed by atoms with van der Waals surface area (Å²) >= 11 is 0. The van der Waals surface area contributed by atoms with Crippen LogP contribution in [0.2, 0.25) is 0 Å². The molecule has 0 aromatic heterocycles. The molecule has 1 aliphatic rings. The van der Waals surface area contributed by atoms with Crippen molar-refractivity contribution in [2.24, 2.45) is 17.3 Å². The van der Waals surface area contributed by atoms with E-state index in [1.807, 2.05) is 0 Å². The molecule has 0 amide bonds. The van der Waals surface area contributed by atoms with Gasteiger partial charge in [-0.1, -0.05) is 52.2 Å². The highest BCUT2D eigenvalue weighted by atomic mass is 14.3. The second-order valence-electron chi connectivity index (χ2n) is 6.16. The molecule has 1 aliphatic carbocycles. The van der Waals surface area contributed by atoms with E-state index in [0.717, 1.165) is 11.8 Å². The van der Waals surface area contributed by atoms with E-state index in [2.05, 4.69) is 40.7 Å². The number of hydrogen-bond acceptors (Lipinski definition) is 0. The van der Waals surface area contributed by atoms with E-state index in [1.54, 1.807) is 5.57 Å². The molecule has 1 fully saturated rings. The van der Waals surface area contributed by atoms with Gasteiger partial charge in [-0.05, 0) is 49.9 Å². The zero-order valence-corrected chi connectivity index (χ0v) is 12.0. The van der Waals surface area contributed by atoms with Crippen LogP contribution in [0.25, 0.3) is 0 Å². The molecule has 0 bridgehead atoms. The Labute approximate surface area is 103 Å². The number of hydrogen-bond donors (Lipinski definition) is 0. The fourth-order valence-corrected chi connectivity index (χ4v) is 2.59. The predicted molar refractivity (Wildman–Crippen MR) is 73.6 cm³/mol. The van der Waals surface area contributed by atoms with E-state index in [1.165, 1.54) is 38.5 Å². The van der Waals surface area contributed by atoms with Crippen LogP contribution in [0.3, 0.4) is 0 Å². The van der Waals surface area contributed by atoms with E-state index >= 15 is 0 Å². The first-order valence-electron chi connectivity index (χ1n) is 7.18. The summed E-state index contributed by atoms with van der Waals surface area (Å²) < 4.78 is 0. The van der Waals surface area contributed by atoms with Crippen molar-refractivity contribution >= 4 is 0 Å². The van der Waals surface area contributed by atoms with Gasteiger partial charge in [0.15, 0.2) is 0 Å². The van der Waals surface area contributed by atoms with Crippen LogP contribution in [0.4, 0.5) is 0 Å². The van der Waals surface area contributed by atoms with Crippen LogP contribution in [-0.4, -0.2) is 0 Å². The molecule has 1 rings (SSSR count). The second-order valence-corrected chi connectivity index (χ2v) is 6.16. The maximum atomic E-state index is 2.44. The Kier molecular flexibility index (Phi) is 5.08. The maximum Gasteiger partial charge on any atom is -0.0266 e. The Hall–Kier alpha value is -0.260. The molecule has 0 saturated heterocycles. The van der Waals surface area contributed by atoms with Crippen molar-refractivity contribution < 1.29 is 0 Å². The lowest BCUT2D eigenvalue weighted by molar-refractivity contribution is 0.287. The van der Waals surface area contributed by atoms with Gasteiger partial charge in [0.2, 0.25) is 0 Å². The number of allylic oxidation sites excluding steroid dienone is 2. The van der Waals surface area contributed by atoms with Gasteiger partial charge in [0.1, 0.15) is 0 Å². The van der Waals surface area contributed by atoms with Crippen molar-refractivity contribution in [2.75, 3.05) is 0 Å². The summed E-state index contributed by atoms with van der Waals surface area (Å²) in [7, 11) is 0. The average molecular weight is 222 g/mol. The molecule has 94 valence electrons. The zero-order valence-electron chi connectivity index (χ0n) is 12.0. The zero-order chi connectivity index (χ0) is 12.2. The fourth-order valence-electron chi connectivity index (χ4n) is 2.59. The van der Waals surface area contributed by atoms with Crippen LogP contribution in [0, 0.1) is 17.3 Å². The lowest BCUT2D eigenvalue weighted by atomic mass is 9.77. The summed E-state index contributed by atoms with van der Waals surface area (Å²) in [4.78, 5) is 0. The van der Waals surface area contributed by atoms with Crippen molar-refractivity contribution in [1.29, 1.82) is 0 Å². The van der Waals surface area contributed by atoms with Crippen LogP contribution in [0.15, 0.2) is 11.6 Å². The minimum Gasteiger partial charge on any atom is -0.0884 e. The Morgan fingerprint density at radius 1 is 1.31 bits per heavy atom. The highest BCUT2D eigenvalue weighted by Crippen LogP contribution is 2.42. The minimum atomic E-state index is 0.533. The van der Waals surface area contributed by atoms with Gasteiger partial charge >= 0.3 is 0 Å². The Morgan fingerprint density at radius 3 is 2.25 bits per heavy atom. The smallest absolute Gasteiger partial charge is 0.0266 e. The molecule has 0 radical (unpaired) electrons. The molecule has 0 aliphatic heterocycles. The summed E-state index contributed by atoms with van der Waals surface area (Å²) in [5.74, 6) is 1.97. The van der Waals surface area contributed by atoms with Gasteiger partial charge in [-0.25, -0.2) is 0 Å². The summed E-state index contributed by atoms with van der Waals surface area (Å²) in [6, 6.07) is 0. The topological polar surface area (TPSA) is 0 Å². The molecule has 1 saturated carbocycles. The van der Waals surface area contributed by atoms with Crippen molar-refractivity contribution in [3.05, 3.63) is 11.6 Å². The van der Waals surface area contributed by atoms with Crippen LogP contribution in [0.1, 0.15) is 73.1 Å². The van der Waals surface area contributed by atoms with Gasteiger partial charge < -0.3 is 0 Å². The van der Waals surface area contributed by atoms with E-state index in [0.29, 0.717) is 5.41 Å². The molecule has 0 aromatic carbocycles. The summed E-state index contributed by atoms with van der Waals surface area (Å²) in [6.07, 6.45) is 10.6. The third-order valence-electron chi connectivity index (χ3n) is 4.78. The van der Waals surface area contributed by atoms with Crippen molar-refractivity contribution in [2.45, 2.75) is 73.1 Å². The highest BCUT2D eigenvalue weighted by Gasteiger charge is 2.29. The summed E-state index contributed by atoms with van der Waals surface area (Å²) in [5, 5.41) is 0. The molecule has 1 atom stereocenters. The molecule has 0 nitrogen and oxygen atoms in total. The van der Waals surface area contributed by atoms with Crippen molar-refractivity contribution in [3.8, 4) is 0 Å². The van der Waals surface area contributed by atoms with Gasteiger partial charge in [-0.2, -0.15) is 0 Å². The first-order chi connectivity index (χ1) is 7.54. The minimum absolute atomic E-state index is 0.533. The second kappa shape index (κ2) is 5.89. The predicted octanol–water partition coefficient (Wildman–Crippen LogP) is 5.59. The van der Waals surface area contributed by atoms with E-state index in [4.69, 9.17) is 0 Å². The third-order valence-corrected chi connectivity index (χ3v) is 4.78. The largest absolute Gasteiger partial charge is 0.0884 e.